The van der Waals surface area contributed by atoms with Crippen LogP contribution in [-0.2, 0) is 30.0 Å². The maximum atomic E-state index is 11.1. The molecule has 0 saturated carbocycles. The summed E-state index contributed by atoms with van der Waals surface area (Å²) in [6.45, 7) is 6.79. The van der Waals surface area contributed by atoms with Gasteiger partial charge in [0.2, 0.25) is 0 Å². The van der Waals surface area contributed by atoms with E-state index in [1.807, 2.05) is 13.8 Å². The summed E-state index contributed by atoms with van der Waals surface area (Å²) < 4.78 is 5.42. The molecule has 3 nitrogen and oxygen atoms in total. The Kier molecular flexibility index (Phi) is 5.04. The molecule has 128 valence electrons. The zero-order chi connectivity index (χ0) is 17.2. The molecule has 0 amide bonds. The second kappa shape index (κ2) is 7.06. The Bertz CT molecular complexity index is 685. The maximum absolute atomic E-state index is 11.1. The van der Waals surface area contributed by atoms with Crippen molar-refractivity contribution < 1.29 is 9.84 Å². The quantitative estimate of drug-likeness (QED) is 0.876. The summed E-state index contributed by atoms with van der Waals surface area (Å²) in [5.74, 6) is 0. The molecule has 0 aliphatic carbocycles. The number of nitrogens with zero attached hydrogens (tertiary/aromatic N) is 1. The van der Waals surface area contributed by atoms with Gasteiger partial charge in [0.1, 0.15) is 5.60 Å². The van der Waals surface area contributed by atoms with Crippen molar-refractivity contribution in [3.8, 4) is 0 Å². The lowest BCUT2D eigenvalue weighted by atomic mass is 9.85. The molecule has 2 aromatic rings. The van der Waals surface area contributed by atoms with Gasteiger partial charge in [-0.1, -0.05) is 55.5 Å². The van der Waals surface area contributed by atoms with Crippen LogP contribution in [0.15, 0.2) is 48.5 Å². The van der Waals surface area contributed by atoms with Crippen LogP contribution < -0.4 is 0 Å². The molecular formula is C21H27NO2. The molecule has 0 radical (unpaired) electrons. The van der Waals surface area contributed by atoms with E-state index >= 15 is 0 Å². The topological polar surface area (TPSA) is 32.7 Å². The summed E-state index contributed by atoms with van der Waals surface area (Å²) in [6.07, 6.45) is 0.400. The molecule has 0 fully saturated rings. The van der Waals surface area contributed by atoms with Crippen molar-refractivity contribution in [2.24, 2.45) is 0 Å². The highest BCUT2D eigenvalue weighted by Gasteiger charge is 2.35. The van der Waals surface area contributed by atoms with Gasteiger partial charge in [-0.3, -0.25) is 4.90 Å². The molecule has 1 aliphatic rings. The normalized spacial score (nSPS) is 18.2. The molecular weight excluding hydrogens is 298 g/mol. The average Bonchev–Trinajstić information content (AvgIpc) is 3.02. The minimum atomic E-state index is -0.934. The standard InChI is InChI=1S/C21H27NO2/c1-4-21(23,16(2)24-3)20-11-10-18-14-22(15-19(18)12-20)13-17-8-6-5-7-9-17/h5-12,16,23H,4,13-15H2,1-3H3. The third kappa shape index (κ3) is 3.25. The van der Waals surface area contributed by atoms with Gasteiger partial charge in [-0.15, -0.1) is 0 Å². The first-order valence-electron chi connectivity index (χ1n) is 8.70. The lowest BCUT2D eigenvalue weighted by Crippen LogP contribution is -2.38. The Labute approximate surface area is 144 Å². The number of benzene rings is 2. The fraction of sp³-hybridized carbons (Fsp3) is 0.429. The molecule has 1 heterocycles. The fourth-order valence-electron chi connectivity index (χ4n) is 3.61. The molecule has 2 atom stereocenters. The van der Waals surface area contributed by atoms with E-state index in [2.05, 4.69) is 53.4 Å². The number of fused-ring (bicyclic) bond motifs is 1. The van der Waals surface area contributed by atoms with E-state index < -0.39 is 5.60 Å². The van der Waals surface area contributed by atoms with E-state index in [9.17, 15) is 5.11 Å². The van der Waals surface area contributed by atoms with Crippen molar-refractivity contribution in [2.75, 3.05) is 7.11 Å². The first-order chi connectivity index (χ1) is 11.6. The zero-order valence-corrected chi connectivity index (χ0v) is 14.8. The maximum Gasteiger partial charge on any atom is 0.115 e. The number of aliphatic hydroxyl groups is 1. The smallest absolute Gasteiger partial charge is 0.115 e. The molecule has 24 heavy (non-hydrogen) atoms. The predicted molar refractivity (Wildman–Crippen MR) is 96.5 cm³/mol. The highest BCUT2D eigenvalue weighted by Crippen LogP contribution is 2.34. The summed E-state index contributed by atoms with van der Waals surface area (Å²) >= 11 is 0. The summed E-state index contributed by atoms with van der Waals surface area (Å²) in [4.78, 5) is 2.44. The van der Waals surface area contributed by atoms with Crippen molar-refractivity contribution in [1.82, 2.24) is 4.90 Å². The van der Waals surface area contributed by atoms with Gasteiger partial charge in [-0.2, -0.15) is 0 Å². The van der Waals surface area contributed by atoms with Gasteiger partial charge in [0, 0.05) is 26.7 Å². The monoisotopic (exact) mass is 325 g/mol. The van der Waals surface area contributed by atoms with Gasteiger partial charge in [0.15, 0.2) is 0 Å². The minimum absolute atomic E-state index is 0.234. The van der Waals surface area contributed by atoms with Gasteiger partial charge < -0.3 is 9.84 Å². The molecule has 0 saturated heterocycles. The van der Waals surface area contributed by atoms with Crippen LogP contribution in [0, 0.1) is 0 Å². The first-order valence-corrected chi connectivity index (χ1v) is 8.70. The van der Waals surface area contributed by atoms with Crippen LogP contribution >= 0.6 is 0 Å². The number of hydrogen-bond acceptors (Lipinski definition) is 3. The predicted octanol–water partition coefficient (Wildman–Crippen LogP) is 3.83. The number of methoxy groups -OCH3 is 1. The summed E-state index contributed by atoms with van der Waals surface area (Å²) in [6, 6.07) is 17.0. The fourth-order valence-corrected chi connectivity index (χ4v) is 3.61. The molecule has 0 aromatic heterocycles. The van der Waals surface area contributed by atoms with Crippen LogP contribution in [0.1, 0.15) is 42.5 Å². The van der Waals surface area contributed by atoms with E-state index in [1.54, 1.807) is 7.11 Å². The lowest BCUT2D eigenvalue weighted by molar-refractivity contribution is -0.0924. The van der Waals surface area contributed by atoms with E-state index in [4.69, 9.17) is 4.74 Å². The second-order valence-corrected chi connectivity index (χ2v) is 6.77. The Balaban J connectivity index is 1.79. The summed E-state index contributed by atoms with van der Waals surface area (Å²) in [5, 5.41) is 11.1. The van der Waals surface area contributed by atoms with Crippen molar-refractivity contribution in [3.05, 3.63) is 70.8 Å². The Morgan fingerprint density at radius 2 is 1.83 bits per heavy atom. The largest absolute Gasteiger partial charge is 0.382 e. The molecule has 1 N–H and O–H groups in total. The van der Waals surface area contributed by atoms with Gasteiger partial charge in [-0.05, 0) is 35.6 Å². The lowest BCUT2D eigenvalue weighted by Gasteiger charge is -2.33. The van der Waals surface area contributed by atoms with E-state index in [0.717, 1.165) is 25.2 Å². The first kappa shape index (κ1) is 17.2. The highest BCUT2D eigenvalue weighted by atomic mass is 16.5. The molecule has 2 unspecified atom stereocenters. The van der Waals surface area contributed by atoms with E-state index in [1.165, 1.54) is 16.7 Å². The highest BCUT2D eigenvalue weighted by molar-refractivity contribution is 5.38. The van der Waals surface area contributed by atoms with Crippen LogP contribution in [0.2, 0.25) is 0 Å². The average molecular weight is 325 g/mol. The third-order valence-electron chi connectivity index (χ3n) is 5.31. The molecule has 3 heteroatoms. The third-order valence-corrected chi connectivity index (χ3v) is 5.31. The Morgan fingerprint density at radius 1 is 1.12 bits per heavy atom. The molecule has 1 aliphatic heterocycles. The van der Waals surface area contributed by atoms with Crippen LogP contribution in [0.5, 0.6) is 0 Å². The van der Waals surface area contributed by atoms with Gasteiger partial charge in [0.25, 0.3) is 0 Å². The van der Waals surface area contributed by atoms with E-state index in [0.29, 0.717) is 6.42 Å². The van der Waals surface area contributed by atoms with Crippen LogP contribution in [-0.4, -0.2) is 23.2 Å². The second-order valence-electron chi connectivity index (χ2n) is 6.77. The van der Waals surface area contributed by atoms with Crippen LogP contribution in [0.25, 0.3) is 0 Å². The number of hydrogen-bond donors (Lipinski definition) is 1. The van der Waals surface area contributed by atoms with Crippen LogP contribution in [0.3, 0.4) is 0 Å². The van der Waals surface area contributed by atoms with Crippen molar-refractivity contribution >= 4 is 0 Å². The van der Waals surface area contributed by atoms with E-state index in [-0.39, 0.29) is 6.10 Å². The van der Waals surface area contributed by atoms with Crippen molar-refractivity contribution in [2.45, 2.75) is 51.6 Å². The molecule has 0 bridgehead atoms. The number of ether oxygens (including phenoxy) is 1. The van der Waals surface area contributed by atoms with Gasteiger partial charge in [-0.25, -0.2) is 0 Å². The van der Waals surface area contributed by atoms with Crippen LogP contribution in [0.4, 0.5) is 0 Å². The SMILES string of the molecule is CCC(O)(c1ccc2c(c1)CN(Cc1ccccc1)C2)C(C)OC. The summed E-state index contributed by atoms with van der Waals surface area (Å²) in [7, 11) is 1.65. The van der Waals surface area contributed by atoms with Gasteiger partial charge >= 0.3 is 0 Å². The minimum Gasteiger partial charge on any atom is -0.382 e. The van der Waals surface area contributed by atoms with Gasteiger partial charge in [0.05, 0.1) is 6.10 Å². The molecule has 0 spiro atoms. The summed E-state index contributed by atoms with van der Waals surface area (Å²) in [5.41, 5.74) is 4.04. The molecule has 2 aromatic carbocycles. The van der Waals surface area contributed by atoms with Crippen molar-refractivity contribution in [1.29, 1.82) is 0 Å². The van der Waals surface area contributed by atoms with Crippen molar-refractivity contribution in [3.63, 3.8) is 0 Å². The molecule has 3 rings (SSSR count). The Morgan fingerprint density at radius 3 is 2.50 bits per heavy atom. The zero-order valence-electron chi connectivity index (χ0n) is 14.8. The number of rotatable bonds is 6. The Hall–Kier alpha value is -1.68.